The summed E-state index contributed by atoms with van der Waals surface area (Å²) in [6, 6.07) is 0. The van der Waals surface area contributed by atoms with Crippen molar-refractivity contribution in [1.82, 2.24) is 5.32 Å². The van der Waals surface area contributed by atoms with Gasteiger partial charge in [0.1, 0.15) is 0 Å². The van der Waals surface area contributed by atoms with Crippen LogP contribution in [0.4, 0.5) is 0 Å². The third-order valence-electron chi connectivity index (χ3n) is 3.39. The first-order valence-corrected chi connectivity index (χ1v) is 7.50. The van der Waals surface area contributed by atoms with Gasteiger partial charge in [-0.2, -0.15) is 0 Å². The number of carbonyl (C=O) groups is 1. The molecule has 1 aliphatic carbocycles. The summed E-state index contributed by atoms with van der Waals surface area (Å²) >= 11 is 0. The molecule has 0 heterocycles. The quantitative estimate of drug-likeness (QED) is 0.775. The average Bonchev–Trinajstić information content (AvgIpc) is 2.09. The summed E-state index contributed by atoms with van der Waals surface area (Å²) in [5.74, 6) is 0.342. The van der Waals surface area contributed by atoms with E-state index in [0.717, 1.165) is 25.9 Å². The SMILES string of the molecule is CC(C)(C)CCCOC1CC(C(=O)NC(C)(C)C)C1. The molecule has 1 amide bonds. The molecule has 3 heteroatoms. The number of hydrogen-bond donors (Lipinski definition) is 1. The van der Waals surface area contributed by atoms with Gasteiger partial charge in [-0.3, -0.25) is 4.79 Å². The lowest BCUT2D eigenvalue weighted by atomic mass is 9.81. The summed E-state index contributed by atoms with van der Waals surface area (Å²) in [5.41, 5.74) is 0.258. The highest BCUT2D eigenvalue weighted by molar-refractivity contribution is 5.80. The fourth-order valence-corrected chi connectivity index (χ4v) is 2.24. The van der Waals surface area contributed by atoms with Crippen molar-refractivity contribution in [2.75, 3.05) is 6.61 Å². The van der Waals surface area contributed by atoms with Crippen molar-refractivity contribution < 1.29 is 9.53 Å². The van der Waals surface area contributed by atoms with Crippen LogP contribution in [0.3, 0.4) is 0 Å². The molecule has 3 nitrogen and oxygen atoms in total. The molecular formula is C16H31NO2. The standard InChI is InChI=1S/C16H31NO2/c1-15(2,3)8-7-9-19-13-10-12(11-13)14(18)17-16(4,5)6/h12-13H,7-11H2,1-6H3,(H,17,18). The van der Waals surface area contributed by atoms with E-state index < -0.39 is 0 Å². The predicted octanol–water partition coefficient (Wildman–Crippen LogP) is 3.52. The van der Waals surface area contributed by atoms with Gasteiger partial charge in [0.15, 0.2) is 0 Å². The molecule has 0 unspecified atom stereocenters. The first-order valence-electron chi connectivity index (χ1n) is 7.50. The van der Waals surface area contributed by atoms with Crippen molar-refractivity contribution in [2.45, 2.75) is 78.9 Å². The lowest BCUT2D eigenvalue weighted by molar-refractivity contribution is -0.135. The molecule has 0 atom stereocenters. The number of ether oxygens (including phenoxy) is 1. The van der Waals surface area contributed by atoms with E-state index in [-0.39, 0.29) is 17.4 Å². The van der Waals surface area contributed by atoms with E-state index in [2.05, 4.69) is 26.1 Å². The van der Waals surface area contributed by atoms with E-state index in [1.807, 2.05) is 20.8 Å². The summed E-state index contributed by atoms with van der Waals surface area (Å²) in [7, 11) is 0. The Morgan fingerprint density at radius 3 is 2.21 bits per heavy atom. The smallest absolute Gasteiger partial charge is 0.223 e. The number of amides is 1. The van der Waals surface area contributed by atoms with Crippen LogP contribution in [-0.4, -0.2) is 24.2 Å². The van der Waals surface area contributed by atoms with Gasteiger partial charge >= 0.3 is 0 Å². The Morgan fingerprint density at radius 1 is 1.16 bits per heavy atom. The molecular weight excluding hydrogens is 238 g/mol. The predicted molar refractivity (Wildman–Crippen MR) is 79.0 cm³/mol. The molecule has 1 aliphatic rings. The number of hydrogen-bond acceptors (Lipinski definition) is 2. The molecule has 0 saturated heterocycles. The zero-order valence-corrected chi connectivity index (χ0v) is 13.5. The zero-order valence-electron chi connectivity index (χ0n) is 13.5. The third kappa shape index (κ3) is 6.95. The van der Waals surface area contributed by atoms with Crippen LogP contribution in [0.5, 0.6) is 0 Å². The van der Waals surface area contributed by atoms with Gasteiger partial charge in [-0.15, -0.1) is 0 Å². The van der Waals surface area contributed by atoms with Crippen LogP contribution < -0.4 is 5.32 Å². The van der Waals surface area contributed by atoms with Gasteiger partial charge in [0.25, 0.3) is 0 Å². The molecule has 0 spiro atoms. The van der Waals surface area contributed by atoms with Crippen LogP contribution in [0, 0.1) is 11.3 Å². The monoisotopic (exact) mass is 269 g/mol. The Morgan fingerprint density at radius 2 is 1.74 bits per heavy atom. The Kier molecular flexibility index (Phi) is 5.43. The van der Waals surface area contributed by atoms with Gasteiger partial charge in [0, 0.05) is 18.1 Å². The molecule has 1 rings (SSSR count). The molecule has 0 aromatic rings. The number of rotatable bonds is 5. The lowest BCUT2D eigenvalue weighted by Crippen LogP contribution is -2.48. The molecule has 0 bridgehead atoms. The fraction of sp³-hybridized carbons (Fsp3) is 0.938. The van der Waals surface area contributed by atoms with Crippen molar-refractivity contribution in [2.24, 2.45) is 11.3 Å². The maximum atomic E-state index is 11.9. The summed E-state index contributed by atoms with van der Waals surface area (Å²) < 4.78 is 5.80. The highest BCUT2D eigenvalue weighted by Crippen LogP contribution is 2.31. The van der Waals surface area contributed by atoms with Gasteiger partial charge in [0.05, 0.1) is 6.10 Å². The van der Waals surface area contributed by atoms with Crippen molar-refractivity contribution >= 4 is 5.91 Å². The van der Waals surface area contributed by atoms with Gasteiger partial charge in [-0.05, 0) is 51.9 Å². The maximum Gasteiger partial charge on any atom is 0.223 e. The van der Waals surface area contributed by atoms with Crippen molar-refractivity contribution in [3.63, 3.8) is 0 Å². The summed E-state index contributed by atoms with van der Waals surface area (Å²) in [4.78, 5) is 11.9. The van der Waals surface area contributed by atoms with E-state index in [4.69, 9.17) is 4.74 Å². The summed E-state index contributed by atoms with van der Waals surface area (Å²) in [6.07, 6.45) is 4.37. The normalized spacial score (nSPS) is 23.9. The molecule has 1 N–H and O–H groups in total. The Labute approximate surface area is 118 Å². The molecule has 1 fully saturated rings. The topological polar surface area (TPSA) is 38.3 Å². The molecule has 0 radical (unpaired) electrons. The molecule has 112 valence electrons. The Balaban J connectivity index is 2.09. The van der Waals surface area contributed by atoms with Crippen LogP contribution in [0.2, 0.25) is 0 Å². The van der Waals surface area contributed by atoms with Crippen molar-refractivity contribution in [1.29, 1.82) is 0 Å². The lowest BCUT2D eigenvalue weighted by Gasteiger charge is -2.36. The van der Waals surface area contributed by atoms with Gasteiger partial charge in [-0.25, -0.2) is 0 Å². The van der Waals surface area contributed by atoms with E-state index in [0.29, 0.717) is 11.5 Å². The van der Waals surface area contributed by atoms with Gasteiger partial charge in [0.2, 0.25) is 5.91 Å². The average molecular weight is 269 g/mol. The second-order valence-electron chi connectivity index (χ2n) is 8.06. The molecule has 19 heavy (non-hydrogen) atoms. The molecule has 0 aromatic carbocycles. The molecule has 0 aliphatic heterocycles. The third-order valence-corrected chi connectivity index (χ3v) is 3.39. The van der Waals surface area contributed by atoms with Gasteiger partial charge in [-0.1, -0.05) is 20.8 Å². The van der Waals surface area contributed by atoms with Crippen molar-refractivity contribution in [3.8, 4) is 0 Å². The van der Waals surface area contributed by atoms with E-state index in [1.54, 1.807) is 0 Å². The first kappa shape index (κ1) is 16.5. The maximum absolute atomic E-state index is 11.9. The second kappa shape index (κ2) is 6.25. The van der Waals surface area contributed by atoms with E-state index >= 15 is 0 Å². The van der Waals surface area contributed by atoms with Crippen LogP contribution in [0.25, 0.3) is 0 Å². The van der Waals surface area contributed by atoms with Crippen LogP contribution in [0.1, 0.15) is 67.2 Å². The Hall–Kier alpha value is -0.570. The number of carbonyl (C=O) groups excluding carboxylic acids is 1. The molecule has 0 aromatic heterocycles. The van der Waals surface area contributed by atoms with Crippen LogP contribution in [0.15, 0.2) is 0 Å². The summed E-state index contributed by atoms with van der Waals surface area (Å²) in [5, 5.41) is 3.03. The zero-order chi connectivity index (χ0) is 14.7. The number of nitrogens with one attached hydrogen (secondary N) is 1. The van der Waals surface area contributed by atoms with E-state index in [9.17, 15) is 4.79 Å². The minimum atomic E-state index is -0.129. The van der Waals surface area contributed by atoms with Crippen LogP contribution >= 0.6 is 0 Å². The minimum absolute atomic E-state index is 0.129. The largest absolute Gasteiger partial charge is 0.378 e. The Bertz CT molecular complexity index is 293. The van der Waals surface area contributed by atoms with E-state index in [1.165, 1.54) is 6.42 Å². The minimum Gasteiger partial charge on any atom is -0.378 e. The van der Waals surface area contributed by atoms with Gasteiger partial charge < -0.3 is 10.1 Å². The fourth-order valence-electron chi connectivity index (χ4n) is 2.24. The van der Waals surface area contributed by atoms with Crippen LogP contribution in [-0.2, 0) is 9.53 Å². The first-order chi connectivity index (χ1) is 8.57. The second-order valence-corrected chi connectivity index (χ2v) is 8.06. The summed E-state index contributed by atoms with van der Waals surface area (Å²) in [6.45, 7) is 13.6. The van der Waals surface area contributed by atoms with Crippen molar-refractivity contribution in [3.05, 3.63) is 0 Å². The molecule has 1 saturated carbocycles. The highest BCUT2D eigenvalue weighted by Gasteiger charge is 2.36. The highest BCUT2D eigenvalue weighted by atomic mass is 16.5.